The van der Waals surface area contributed by atoms with Gasteiger partial charge in [-0.15, -0.1) is 11.3 Å². The second-order valence-electron chi connectivity index (χ2n) is 5.43. The van der Waals surface area contributed by atoms with Crippen LogP contribution in [0.1, 0.15) is 4.88 Å². The molecule has 0 saturated heterocycles. The number of benzene rings is 2. The first-order chi connectivity index (χ1) is 11.7. The molecule has 0 fully saturated rings. The third kappa shape index (κ3) is 2.81. The topological polar surface area (TPSA) is 37.8 Å². The predicted octanol–water partition coefficient (Wildman–Crippen LogP) is 6.17. The van der Waals surface area contributed by atoms with Crippen molar-refractivity contribution in [2.24, 2.45) is 0 Å². The van der Waals surface area contributed by atoms with Gasteiger partial charge in [-0.3, -0.25) is 0 Å². The Labute approximate surface area is 152 Å². The van der Waals surface area contributed by atoms with Crippen LogP contribution in [0.15, 0.2) is 65.4 Å². The maximum Gasteiger partial charge on any atom is 0.143 e. The van der Waals surface area contributed by atoms with Crippen LogP contribution in [0, 0.1) is 6.92 Å². The highest BCUT2D eigenvalue weighted by atomic mass is 79.9. The molecule has 0 amide bonds. The molecule has 0 spiro atoms. The summed E-state index contributed by atoms with van der Waals surface area (Å²) in [6, 6.07) is 18.5. The van der Waals surface area contributed by atoms with Crippen molar-refractivity contribution in [1.82, 2.24) is 9.97 Å². The molecular weight excluding hydrogens is 382 g/mol. The lowest BCUT2D eigenvalue weighted by molar-refractivity contribution is 1.23. The number of nitrogens with zero attached hydrogens (tertiary/aromatic N) is 2. The molecule has 4 rings (SSSR count). The monoisotopic (exact) mass is 395 g/mol. The van der Waals surface area contributed by atoms with E-state index in [2.05, 4.69) is 62.4 Å². The molecule has 2 heterocycles. The van der Waals surface area contributed by atoms with Crippen molar-refractivity contribution < 1.29 is 0 Å². The first kappa shape index (κ1) is 15.3. The minimum absolute atomic E-state index is 0.838. The number of halogens is 1. The van der Waals surface area contributed by atoms with Crippen LogP contribution in [0.3, 0.4) is 0 Å². The van der Waals surface area contributed by atoms with Crippen LogP contribution in [-0.2, 0) is 0 Å². The molecule has 2 aromatic carbocycles. The van der Waals surface area contributed by atoms with E-state index in [1.54, 1.807) is 17.7 Å². The van der Waals surface area contributed by atoms with Crippen molar-refractivity contribution in [2.75, 3.05) is 5.32 Å². The maximum atomic E-state index is 4.50. The highest BCUT2D eigenvalue weighted by Gasteiger charge is 2.16. The van der Waals surface area contributed by atoms with E-state index in [0.29, 0.717) is 0 Å². The Morgan fingerprint density at radius 3 is 2.46 bits per heavy atom. The molecule has 2 aromatic heterocycles. The molecule has 4 aromatic rings. The first-order valence-corrected chi connectivity index (χ1v) is 9.15. The largest absolute Gasteiger partial charge is 0.340 e. The van der Waals surface area contributed by atoms with E-state index in [0.717, 1.165) is 26.2 Å². The number of thiophene rings is 1. The molecule has 0 atom stereocenters. The van der Waals surface area contributed by atoms with Crippen molar-refractivity contribution in [2.45, 2.75) is 6.92 Å². The van der Waals surface area contributed by atoms with E-state index in [4.69, 9.17) is 0 Å². The number of fused-ring (bicyclic) bond motifs is 1. The molecule has 0 aliphatic heterocycles. The van der Waals surface area contributed by atoms with Crippen molar-refractivity contribution in [1.29, 1.82) is 0 Å². The molecule has 3 nitrogen and oxygen atoms in total. The number of hydrogen-bond acceptors (Lipinski definition) is 4. The Morgan fingerprint density at radius 2 is 1.71 bits per heavy atom. The normalized spacial score (nSPS) is 10.9. The van der Waals surface area contributed by atoms with Gasteiger partial charge < -0.3 is 5.32 Å². The van der Waals surface area contributed by atoms with Gasteiger partial charge in [0.05, 0.1) is 5.39 Å². The zero-order chi connectivity index (χ0) is 16.5. The molecule has 0 aliphatic rings. The van der Waals surface area contributed by atoms with E-state index in [1.165, 1.54) is 16.0 Å². The molecule has 0 unspecified atom stereocenters. The lowest BCUT2D eigenvalue weighted by Crippen LogP contribution is -1.95. The van der Waals surface area contributed by atoms with Crippen LogP contribution in [0.25, 0.3) is 21.3 Å². The molecule has 0 aliphatic carbocycles. The molecule has 0 saturated carbocycles. The molecule has 118 valence electrons. The van der Waals surface area contributed by atoms with E-state index < -0.39 is 0 Å². The van der Waals surface area contributed by atoms with E-state index in [1.807, 2.05) is 30.3 Å². The average molecular weight is 396 g/mol. The third-order valence-electron chi connectivity index (χ3n) is 3.83. The van der Waals surface area contributed by atoms with E-state index in [9.17, 15) is 0 Å². The number of rotatable bonds is 3. The zero-order valence-corrected chi connectivity index (χ0v) is 15.4. The molecule has 0 bridgehead atoms. The molecule has 0 radical (unpaired) electrons. The summed E-state index contributed by atoms with van der Waals surface area (Å²) in [4.78, 5) is 11.2. The fraction of sp³-hybridized carbons (Fsp3) is 0.0526. The Morgan fingerprint density at radius 1 is 0.958 bits per heavy atom. The highest BCUT2D eigenvalue weighted by Crippen LogP contribution is 2.40. The quantitative estimate of drug-likeness (QED) is 0.450. The van der Waals surface area contributed by atoms with E-state index >= 15 is 0 Å². The number of anilines is 2. The second-order valence-corrected chi connectivity index (χ2v) is 7.55. The predicted molar refractivity (Wildman–Crippen MR) is 105 cm³/mol. The van der Waals surface area contributed by atoms with Crippen molar-refractivity contribution in [3.05, 3.63) is 70.3 Å². The van der Waals surface area contributed by atoms with Gasteiger partial charge in [0.25, 0.3) is 0 Å². The fourth-order valence-corrected chi connectivity index (χ4v) is 4.04. The van der Waals surface area contributed by atoms with Crippen LogP contribution in [0.2, 0.25) is 0 Å². The number of nitrogens with one attached hydrogen (secondary N) is 1. The summed E-state index contributed by atoms with van der Waals surface area (Å²) in [7, 11) is 0. The van der Waals surface area contributed by atoms with Crippen molar-refractivity contribution in [3.63, 3.8) is 0 Å². The zero-order valence-electron chi connectivity index (χ0n) is 13.0. The van der Waals surface area contributed by atoms with Gasteiger partial charge in [0.15, 0.2) is 0 Å². The van der Waals surface area contributed by atoms with Gasteiger partial charge in [0.2, 0.25) is 0 Å². The fourth-order valence-electron chi connectivity index (χ4n) is 2.76. The number of aryl methyl sites for hydroxylation is 1. The van der Waals surface area contributed by atoms with Gasteiger partial charge in [0, 0.05) is 20.6 Å². The molecule has 1 N–H and O–H groups in total. The Kier molecular flexibility index (Phi) is 4.04. The van der Waals surface area contributed by atoms with Crippen LogP contribution >= 0.6 is 27.3 Å². The van der Waals surface area contributed by atoms with Crippen LogP contribution < -0.4 is 5.32 Å². The lowest BCUT2D eigenvalue weighted by Gasteiger charge is -2.09. The third-order valence-corrected chi connectivity index (χ3v) is 5.38. The maximum absolute atomic E-state index is 4.50. The summed E-state index contributed by atoms with van der Waals surface area (Å²) < 4.78 is 1.05. The van der Waals surface area contributed by atoms with Crippen LogP contribution in [-0.4, -0.2) is 9.97 Å². The summed E-state index contributed by atoms with van der Waals surface area (Å²) in [6.07, 6.45) is 1.62. The number of aromatic nitrogens is 2. The van der Waals surface area contributed by atoms with Gasteiger partial charge in [-0.1, -0.05) is 46.3 Å². The lowest BCUT2D eigenvalue weighted by atomic mass is 10.0. The SMILES string of the molecule is Cc1sc2ncnc(Nc3ccc(Br)cc3)c2c1-c1ccccc1. The second kappa shape index (κ2) is 6.34. The van der Waals surface area contributed by atoms with Gasteiger partial charge in [-0.2, -0.15) is 0 Å². The highest BCUT2D eigenvalue weighted by molar-refractivity contribution is 9.10. The summed E-state index contributed by atoms with van der Waals surface area (Å²) in [5.41, 5.74) is 3.40. The average Bonchev–Trinajstić information content (AvgIpc) is 2.94. The van der Waals surface area contributed by atoms with E-state index in [-0.39, 0.29) is 0 Å². The Balaban J connectivity index is 1.88. The molecular formula is C19H14BrN3S. The standard InChI is InChI=1S/C19H14BrN3S/c1-12-16(13-5-3-2-4-6-13)17-18(21-11-22-19(17)24-12)23-15-9-7-14(20)8-10-15/h2-11H,1H3,(H,21,22,23). The van der Waals surface area contributed by atoms with Crippen molar-refractivity contribution >= 4 is 49.0 Å². The van der Waals surface area contributed by atoms with Gasteiger partial charge in [0.1, 0.15) is 17.0 Å². The minimum Gasteiger partial charge on any atom is -0.340 e. The van der Waals surface area contributed by atoms with Gasteiger partial charge in [-0.25, -0.2) is 9.97 Å². The molecule has 5 heteroatoms. The van der Waals surface area contributed by atoms with Gasteiger partial charge >= 0.3 is 0 Å². The smallest absolute Gasteiger partial charge is 0.143 e. The Bertz CT molecular complexity index is 994. The first-order valence-electron chi connectivity index (χ1n) is 7.54. The van der Waals surface area contributed by atoms with Crippen LogP contribution in [0.4, 0.5) is 11.5 Å². The summed E-state index contributed by atoms with van der Waals surface area (Å²) in [5, 5.41) is 4.51. The van der Waals surface area contributed by atoms with Gasteiger partial charge in [-0.05, 0) is 36.8 Å². The van der Waals surface area contributed by atoms with Crippen molar-refractivity contribution in [3.8, 4) is 11.1 Å². The Hall–Kier alpha value is -2.24. The number of hydrogen-bond donors (Lipinski definition) is 1. The summed E-state index contributed by atoms with van der Waals surface area (Å²) in [5.74, 6) is 0.838. The molecule has 24 heavy (non-hydrogen) atoms. The minimum atomic E-state index is 0.838. The van der Waals surface area contributed by atoms with Crippen LogP contribution in [0.5, 0.6) is 0 Å². The summed E-state index contributed by atoms with van der Waals surface area (Å²) >= 11 is 5.17. The summed E-state index contributed by atoms with van der Waals surface area (Å²) in [6.45, 7) is 2.14.